The van der Waals surface area contributed by atoms with Crippen molar-refractivity contribution in [2.45, 2.75) is 44.4 Å². The molecule has 5 heteroatoms. The van der Waals surface area contributed by atoms with E-state index in [1.165, 1.54) is 22.3 Å². The van der Waals surface area contributed by atoms with E-state index in [9.17, 15) is 0 Å². The molecule has 2 aromatic rings. The van der Waals surface area contributed by atoms with Crippen LogP contribution in [0.4, 0.5) is 0 Å². The molecule has 31 heavy (non-hydrogen) atoms. The first-order chi connectivity index (χ1) is 13.8. The Kier molecular flexibility index (Phi) is 9.28. The molecule has 0 fully saturated rings. The number of hydrogen-bond donors (Lipinski definition) is 0. The molecule has 0 bridgehead atoms. The smallest absolute Gasteiger partial charge is 0.147 e. The van der Waals surface area contributed by atoms with Crippen LogP contribution in [0.25, 0.3) is 5.57 Å². The second-order valence-electron chi connectivity index (χ2n) is 8.64. The Bertz CT molecular complexity index is 1120. The summed E-state index contributed by atoms with van der Waals surface area (Å²) < 4.78 is 2.46. The zero-order valence-electron chi connectivity index (χ0n) is 19.0. The normalized spacial score (nSPS) is 19.5. The zero-order valence-corrected chi connectivity index (χ0v) is 24.9. The van der Waals surface area contributed by atoms with E-state index in [1.54, 1.807) is 16.7 Å². The molecule has 0 nitrogen and oxygen atoms in total. The average molecular weight is 569 g/mol. The number of halogens is 3. The molecule has 2 aliphatic rings. The molecular formula is C26H31Cl3SiZr. The summed E-state index contributed by atoms with van der Waals surface area (Å²) in [6.07, 6.45) is 2.62. The van der Waals surface area contributed by atoms with Crippen LogP contribution in [0.1, 0.15) is 48.0 Å². The maximum atomic E-state index is 6.52. The van der Waals surface area contributed by atoms with Crippen LogP contribution in [0.15, 0.2) is 74.6 Å². The Morgan fingerprint density at radius 2 is 1.55 bits per heavy atom. The second kappa shape index (κ2) is 10.7. The van der Waals surface area contributed by atoms with Gasteiger partial charge in [0.1, 0.15) is 0 Å². The Morgan fingerprint density at radius 3 is 2.10 bits per heavy atom. The maximum Gasteiger partial charge on any atom is -0.147 e. The molecule has 2 aliphatic carbocycles. The minimum atomic E-state index is -1.96. The molecule has 164 valence electrons. The summed E-state index contributed by atoms with van der Waals surface area (Å²) in [7, 11) is 0. The molecule has 0 N–H and O–H groups in total. The molecule has 0 aromatic heterocycles. The van der Waals surface area contributed by atoms with Gasteiger partial charge in [-0.15, -0.1) is 24.8 Å². The quantitative estimate of drug-likeness (QED) is 0.325. The largest absolute Gasteiger partial charge is 0.147 e. The molecule has 0 heterocycles. The van der Waals surface area contributed by atoms with Gasteiger partial charge in [0.05, 0.1) is 0 Å². The Hall–Kier alpha value is -0.370. The van der Waals surface area contributed by atoms with Crippen LogP contribution < -0.4 is 0 Å². The molecule has 2 aromatic carbocycles. The summed E-state index contributed by atoms with van der Waals surface area (Å²) in [6, 6.07) is 17.5. The van der Waals surface area contributed by atoms with Crippen molar-refractivity contribution in [2.75, 3.05) is 0 Å². The van der Waals surface area contributed by atoms with E-state index in [4.69, 9.17) is 11.6 Å². The first kappa shape index (κ1) is 26.9. The number of allylic oxidation sites excluding steroid dienone is 5. The zero-order chi connectivity index (χ0) is 20.9. The fourth-order valence-corrected chi connectivity index (χ4v) is 24.9. The average Bonchev–Trinajstić information content (AvgIpc) is 3.16. The Labute approximate surface area is 212 Å². The number of rotatable bonds is 3. The van der Waals surface area contributed by atoms with Crippen molar-refractivity contribution in [3.8, 4) is 0 Å². The summed E-state index contributed by atoms with van der Waals surface area (Å²) in [5, 5.41) is 0.871. The van der Waals surface area contributed by atoms with Gasteiger partial charge in [-0.3, -0.25) is 0 Å². The van der Waals surface area contributed by atoms with Gasteiger partial charge in [-0.1, -0.05) is 0 Å². The SMILES string of the molecule is CC1=C(C)C(C)[C]([Zr]([CH]2C=C(c3ccccc3)c3ccc(Cl)cc32)=[Si](C)C)=C1C.Cl.Cl. The molecule has 0 saturated heterocycles. The summed E-state index contributed by atoms with van der Waals surface area (Å²) >= 11 is 4.55. The van der Waals surface area contributed by atoms with Crippen molar-refractivity contribution in [3.05, 3.63) is 96.3 Å². The predicted octanol–water partition coefficient (Wildman–Crippen LogP) is 8.80. The first-order valence-electron chi connectivity index (χ1n) is 10.4. The number of hydrogen-bond acceptors (Lipinski definition) is 0. The van der Waals surface area contributed by atoms with E-state index in [0.29, 0.717) is 9.54 Å². The van der Waals surface area contributed by atoms with Gasteiger partial charge in [-0.25, -0.2) is 0 Å². The van der Waals surface area contributed by atoms with Crippen molar-refractivity contribution in [1.29, 1.82) is 0 Å². The standard InChI is InChI=1S/C15H10Cl.C9H13.C2H6Si.2ClH.Zr/c16-13-7-9-15-12(10-13)6-8-14(15)11-4-2-1-3-5-11;1-6-5-7(2)9(4)8(6)3;1-3-2;;;/h1-10H;6H,1-4H3;1-2H3;2*1H;. The molecule has 0 radical (unpaired) electrons. The second-order valence-corrected chi connectivity index (χ2v) is 26.5. The van der Waals surface area contributed by atoms with Crippen LogP contribution in [0, 0.1) is 5.92 Å². The van der Waals surface area contributed by atoms with Crippen LogP contribution in [0.2, 0.25) is 18.1 Å². The Balaban J connectivity index is 0.00000171. The van der Waals surface area contributed by atoms with Crippen LogP contribution in [0.5, 0.6) is 0 Å². The summed E-state index contributed by atoms with van der Waals surface area (Å²) in [5.74, 6) is 0.626. The van der Waals surface area contributed by atoms with Crippen LogP contribution in [-0.2, 0) is 20.4 Å². The fourth-order valence-electron chi connectivity index (χ4n) is 5.04. The van der Waals surface area contributed by atoms with E-state index < -0.39 is 20.4 Å². The molecule has 0 spiro atoms. The van der Waals surface area contributed by atoms with Crippen molar-refractivity contribution < 1.29 is 20.4 Å². The van der Waals surface area contributed by atoms with E-state index >= 15 is 0 Å². The van der Waals surface area contributed by atoms with Crippen LogP contribution in [-0.4, -0.2) is 5.43 Å². The van der Waals surface area contributed by atoms with E-state index in [0.717, 1.165) is 5.02 Å². The van der Waals surface area contributed by atoms with Gasteiger partial charge in [0.15, 0.2) is 0 Å². The molecule has 2 atom stereocenters. The minimum absolute atomic E-state index is 0. The van der Waals surface area contributed by atoms with Gasteiger partial charge < -0.3 is 0 Å². The van der Waals surface area contributed by atoms with Crippen molar-refractivity contribution >= 4 is 47.4 Å². The van der Waals surface area contributed by atoms with E-state index in [-0.39, 0.29) is 30.2 Å². The van der Waals surface area contributed by atoms with E-state index in [2.05, 4.69) is 95.4 Å². The van der Waals surface area contributed by atoms with E-state index in [1.807, 2.05) is 3.28 Å². The van der Waals surface area contributed by atoms with Crippen molar-refractivity contribution in [2.24, 2.45) is 5.92 Å². The summed E-state index contributed by atoms with van der Waals surface area (Å²) in [6.45, 7) is 14.6. The minimum Gasteiger partial charge on any atom is -0.147 e. The van der Waals surface area contributed by atoms with Gasteiger partial charge in [0.25, 0.3) is 0 Å². The van der Waals surface area contributed by atoms with Gasteiger partial charge in [-0.05, 0) is 0 Å². The maximum absolute atomic E-state index is 6.52. The topological polar surface area (TPSA) is 0 Å². The third kappa shape index (κ3) is 4.80. The van der Waals surface area contributed by atoms with Crippen molar-refractivity contribution in [3.63, 3.8) is 0 Å². The summed E-state index contributed by atoms with van der Waals surface area (Å²) in [5.41, 5.74) is 10.0. The molecule has 0 aliphatic heterocycles. The first-order valence-corrected chi connectivity index (χ1v) is 19.7. The molecule has 0 amide bonds. The number of fused-ring (bicyclic) bond motifs is 1. The third-order valence-corrected chi connectivity index (χ3v) is 25.6. The molecule has 2 unspecified atom stereocenters. The third-order valence-electron chi connectivity index (χ3n) is 6.84. The van der Waals surface area contributed by atoms with Crippen molar-refractivity contribution in [1.82, 2.24) is 0 Å². The Morgan fingerprint density at radius 1 is 0.903 bits per heavy atom. The monoisotopic (exact) mass is 566 g/mol. The predicted molar refractivity (Wildman–Crippen MR) is 140 cm³/mol. The fraction of sp³-hybridized carbons (Fsp3) is 0.308. The summed E-state index contributed by atoms with van der Waals surface area (Å²) in [4.78, 5) is 0. The molecule has 4 rings (SSSR count). The van der Waals surface area contributed by atoms with Gasteiger partial charge in [-0.2, -0.15) is 0 Å². The van der Waals surface area contributed by atoms with Gasteiger partial charge in [0.2, 0.25) is 0 Å². The van der Waals surface area contributed by atoms with Gasteiger partial charge in [0, 0.05) is 0 Å². The molecular weight excluding hydrogens is 538 g/mol. The van der Waals surface area contributed by atoms with Crippen LogP contribution >= 0.6 is 36.4 Å². The van der Waals surface area contributed by atoms with Crippen LogP contribution in [0.3, 0.4) is 0 Å². The molecule has 0 saturated carbocycles. The number of benzene rings is 2. The van der Waals surface area contributed by atoms with Gasteiger partial charge >= 0.3 is 190 Å².